The van der Waals surface area contributed by atoms with Gasteiger partial charge in [0.1, 0.15) is 5.82 Å². The van der Waals surface area contributed by atoms with Crippen molar-refractivity contribution in [3.63, 3.8) is 0 Å². The van der Waals surface area contributed by atoms with Crippen LogP contribution in [0.2, 0.25) is 0 Å². The van der Waals surface area contributed by atoms with E-state index in [2.05, 4.69) is 9.82 Å². The van der Waals surface area contributed by atoms with Crippen LogP contribution in [0.15, 0.2) is 42.6 Å². The van der Waals surface area contributed by atoms with Crippen molar-refractivity contribution in [1.29, 1.82) is 0 Å². The summed E-state index contributed by atoms with van der Waals surface area (Å²) in [7, 11) is -3.36. The van der Waals surface area contributed by atoms with Crippen molar-refractivity contribution >= 4 is 15.8 Å². The fourth-order valence-electron chi connectivity index (χ4n) is 1.42. The molecule has 0 aliphatic carbocycles. The molecular formula is C12H15N3O2S. The number of para-hydroxylation sites is 1. The first-order valence-electron chi connectivity index (χ1n) is 5.62. The summed E-state index contributed by atoms with van der Waals surface area (Å²) >= 11 is 0. The van der Waals surface area contributed by atoms with Gasteiger partial charge in [0.2, 0.25) is 10.0 Å². The molecule has 0 unspecified atom stereocenters. The van der Waals surface area contributed by atoms with Crippen molar-refractivity contribution in [2.75, 3.05) is 4.72 Å². The number of nitrogens with one attached hydrogen (secondary N) is 1. The molecule has 0 atom stereocenters. The van der Waals surface area contributed by atoms with Crippen LogP contribution in [-0.4, -0.2) is 23.4 Å². The van der Waals surface area contributed by atoms with Crippen molar-refractivity contribution in [1.82, 2.24) is 9.78 Å². The Morgan fingerprint density at radius 3 is 2.44 bits per heavy atom. The third kappa shape index (κ3) is 2.53. The predicted molar refractivity (Wildman–Crippen MR) is 71.2 cm³/mol. The summed E-state index contributed by atoms with van der Waals surface area (Å²) < 4.78 is 27.8. The van der Waals surface area contributed by atoms with Gasteiger partial charge in [-0.3, -0.25) is 4.72 Å². The van der Waals surface area contributed by atoms with Crippen LogP contribution in [-0.2, 0) is 10.0 Å². The van der Waals surface area contributed by atoms with Crippen LogP contribution in [0.1, 0.15) is 13.8 Å². The van der Waals surface area contributed by atoms with Gasteiger partial charge in [-0.15, -0.1) is 0 Å². The van der Waals surface area contributed by atoms with E-state index in [1.807, 2.05) is 30.3 Å². The molecule has 2 rings (SSSR count). The summed E-state index contributed by atoms with van der Waals surface area (Å²) in [6.45, 7) is 3.26. The molecule has 1 aromatic carbocycles. The molecule has 0 fully saturated rings. The fourth-order valence-corrected chi connectivity index (χ4v) is 2.10. The zero-order valence-electron chi connectivity index (χ0n) is 10.2. The Balaban J connectivity index is 2.36. The van der Waals surface area contributed by atoms with E-state index in [1.165, 1.54) is 0 Å². The van der Waals surface area contributed by atoms with E-state index in [4.69, 9.17) is 0 Å². The average Bonchev–Trinajstić information content (AvgIpc) is 2.77. The summed E-state index contributed by atoms with van der Waals surface area (Å²) in [5, 5.41) is 3.63. The number of hydrogen-bond donors (Lipinski definition) is 1. The Morgan fingerprint density at radius 1 is 1.17 bits per heavy atom. The average molecular weight is 265 g/mol. The van der Waals surface area contributed by atoms with Crippen molar-refractivity contribution in [3.05, 3.63) is 42.6 Å². The number of nitrogens with zero attached hydrogens (tertiary/aromatic N) is 2. The third-order valence-electron chi connectivity index (χ3n) is 2.51. The molecule has 0 aliphatic rings. The van der Waals surface area contributed by atoms with Gasteiger partial charge >= 0.3 is 0 Å². The van der Waals surface area contributed by atoms with Crippen LogP contribution in [0, 0.1) is 0 Å². The second kappa shape index (κ2) is 4.81. The topological polar surface area (TPSA) is 64.0 Å². The van der Waals surface area contributed by atoms with Gasteiger partial charge in [-0.25, -0.2) is 13.1 Å². The number of rotatable bonds is 4. The Bertz CT molecular complexity index is 618. The maximum Gasteiger partial charge on any atom is 0.236 e. The van der Waals surface area contributed by atoms with Gasteiger partial charge in [0, 0.05) is 6.07 Å². The lowest BCUT2D eigenvalue weighted by molar-refractivity contribution is 0.592. The van der Waals surface area contributed by atoms with E-state index in [0.29, 0.717) is 5.82 Å². The zero-order valence-corrected chi connectivity index (χ0v) is 11.1. The molecule has 1 N–H and O–H groups in total. The van der Waals surface area contributed by atoms with E-state index in [9.17, 15) is 8.42 Å². The van der Waals surface area contributed by atoms with Crippen LogP contribution in [0.25, 0.3) is 5.69 Å². The molecule has 0 radical (unpaired) electrons. The summed E-state index contributed by atoms with van der Waals surface area (Å²) in [4.78, 5) is 0. The van der Waals surface area contributed by atoms with E-state index < -0.39 is 15.3 Å². The highest BCUT2D eigenvalue weighted by Crippen LogP contribution is 2.16. The number of benzene rings is 1. The number of anilines is 1. The molecule has 2 aromatic rings. The normalized spacial score (nSPS) is 11.7. The standard InChI is InChI=1S/C12H15N3O2S/c1-10(2)18(16,17)14-12-8-9-13-15(12)11-6-4-3-5-7-11/h3-10,14H,1-2H3. The molecule has 0 amide bonds. The van der Waals surface area contributed by atoms with Crippen LogP contribution in [0.5, 0.6) is 0 Å². The van der Waals surface area contributed by atoms with Crippen LogP contribution in [0.3, 0.4) is 0 Å². The molecule has 0 aliphatic heterocycles. The first-order chi connectivity index (χ1) is 8.50. The van der Waals surface area contributed by atoms with Crippen LogP contribution >= 0.6 is 0 Å². The number of aromatic nitrogens is 2. The highest BCUT2D eigenvalue weighted by Gasteiger charge is 2.17. The quantitative estimate of drug-likeness (QED) is 0.920. The second-order valence-electron chi connectivity index (χ2n) is 4.16. The molecule has 6 heteroatoms. The minimum Gasteiger partial charge on any atom is -0.267 e. The first-order valence-corrected chi connectivity index (χ1v) is 7.16. The van der Waals surface area contributed by atoms with Crippen molar-refractivity contribution < 1.29 is 8.42 Å². The predicted octanol–water partition coefficient (Wildman–Crippen LogP) is 2.02. The smallest absolute Gasteiger partial charge is 0.236 e. The molecule has 18 heavy (non-hydrogen) atoms. The lowest BCUT2D eigenvalue weighted by Gasteiger charge is -2.12. The van der Waals surface area contributed by atoms with Crippen LogP contribution in [0.4, 0.5) is 5.82 Å². The molecule has 5 nitrogen and oxygen atoms in total. The Morgan fingerprint density at radius 2 is 1.83 bits per heavy atom. The minimum absolute atomic E-state index is 0.440. The summed E-state index contributed by atoms with van der Waals surface area (Å²) in [5.41, 5.74) is 0.809. The van der Waals surface area contributed by atoms with Crippen molar-refractivity contribution in [3.8, 4) is 5.69 Å². The van der Waals surface area contributed by atoms with Gasteiger partial charge in [-0.05, 0) is 26.0 Å². The molecular weight excluding hydrogens is 250 g/mol. The van der Waals surface area contributed by atoms with Gasteiger partial charge in [0.25, 0.3) is 0 Å². The summed E-state index contributed by atoms with van der Waals surface area (Å²) in [5.74, 6) is 0.440. The molecule has 0 saturated heterocycles. The third-order valence-corrected chi connectivity index (χ3v) is 4.25. The van der Waals surface area contributed by atoms with Gasteiger partial charge in [0.05, 0.1) is 17.1 Å². The maximum absolute atomic E-state index is 11.8. The fraction of sp³-hybridized carbons (Fsp3) is 0.250. The molecule has 0 bridgehead atoms. The van der Waals surface area contributed by atoms with Crippen molar-refractivity contribution in [2.24, 2.45) is 0 Å². The lowest BCUT2D eigenvalue weighted by atomic mass is 10.3. The van der Waals surface area contributed by atoms with Gasteiger partial charge in [-0.2, -0.15) is 5.10 Å². The number of sulfonamides is 1. The molecule has 0 saturated carbocycles. The largest absolute Gasteiger partial charge is 0.267 e. The van der Waals surface area contributed by atoms with E-state index in [0.717, 1.165) is 5.69 Å². The van der Waals surface area contributed by atoms with Crippen molar-refractivity contribution in [2.45, 2.75) is 19.1 Å². The number of hydrogen-bond acceptors (Lipinski definition) is 3. The van der Waals surface area contributed by atoms with Gasteiger partial charge < -0.3 is 0 Å². The van der Waals surface area contributed by atoms with Gasteiger partial charge in [0.15, 0.2) is 0 Å². The Labute approximate surface area is 107 Å². The Hall–Kier alpha value is -1.82. The zero-order chi connectivity index (χ0) is 13.2. The second-order valence-corrected chi connectivity index (χ2v) is 6.40. The summed E-state index contributed by atoms with van der Waals surface area (Å²) in [6.07, 6.45) is 1.56. The first kappa shape index (κ1) is 12.6. The molecule has 96 valence electrons. The van der Waals surface area contributed by atoms with E-state index in [-0.39, 0.29) is 0 Å². The summed E-state index contributed by atoms with van der Waals surface area (Å²) in [6, 6.07) is 11.0. The van der Waals surface area contributed by atoms with E-state index in [1.54, 1.807) is 30.8 Å². The highest BCUT2D eigenvalue weighted by atomic mass is 32.2. The van der Waals surface area contributed by atoms with Crippen LogP contribution < -0.4 is 4.72 Å². The molecule has 1 heterocycles. The lowest BCUT2D eigenvalue weighted by Crippen LogP contribution is -2.23. The van der Waals surface area contributed by atoms with E-state index >= 15 is 0 Å². The van der Waals surface area contributed by atoms with Gasteiger partial charge in [-0.1, -0.05) is 18.2 Å². The SMILES string of the molecule is CC(C)S(=O)(=O)Nc1ccnn1-c1ccccc1. The monoisotopic (exact) mass is 265 g/mol. The Kier molecular flexibility index (Phi) is 3.38. The molecule has 0 spiro atoms. The minimum atomic E-state index is -3.36. The highest BCUT2D eigenvalue weighted by molar-refractivity contribution is 7.93. The maximum atomic E-state index is 11.8. The molecule has 1 aromatic heterocycles.